The first-order chi connectivity index (χ1) is 15.4. The lowest BCUT2D eigenvalue weighted by atomic mass is 9.96. The highest BCUT2D eigenvalue weighted by atomic mass is 16.5. The average molecular weight is 433 g/mol. The van der Waals surface area contributed by atoms with Crippen LogP contribution in [0, 0.1) is 0 Å². The molecule has 2 N–H and O–H groups in total. The molecule has 0 bridgehead atoms. The Morgan fingerprint density at radius 3 is 2.53 bits per heavy atom. The molecular weight excluding hydrogens is 404 g/mol. The fourth-order valence-corrected chi connectivity index (χ4v) is 4.05. The van der Waals surface area contributed by atoms with Gasteiger partial charge in [-0.25, -0.2) is 0 Å². The van der Waals surface area contributed by atoms with Crippen molar-refractivity contribution in [1.82, 2.24) is 9.80 Å². The summed E-state index contributed by atoms with van der Waals surface area (Å²) < 4.78 is 5.85. The van der Waals surface area contributed by atoms with Gasteiger partial charge in [-0.2, -0.15) is 0 Å². The van der Waals surface area contributed by atoms with E-state index < -0.39 is 0 Å². The quantitative estimate of drug-likeness (QED) is 0.617. The second-order valence-corrected chi connectivity index (χ2v) is 8.43. The molecule has 0 aromatic heterocycles. The Labute approximate surface area is 188 Å². The van der Waals surface area contributed by atoms with E-state index in [9.17, 15) is 15.0 Å². The van der Waals surface area contributed by atoms with Crippen LogP contribution in [0.1, 0.15) is 32.6 Å². The number of carbonyl (C=O) groups is 1. The highest BCUT2D eigenvalue weighted by Crippen LogP contribution is 2.35. The molecular formula is C26H28N2O4. The molecule has 1 aliphatic rings. The molecule has 166 valence electrons. The van der Waals surface area contributed by atoms with Gasteiger partial charge in [-0.05, 0) is 42.8 Å². The first-order valence-electron chi connectivity index (χ1n) is 10.7. The van der Waals surface area contributed by atoms with Crippen LogP contribution in [0.15, 0.2) is 60.7 Å². The maximum absolute atomic E-state index is 13.4. The van der Waals surface area contributed by atoms with E-state index in [-0.39, 0.29) is 35.3 Å². The van der Waals surface area contributed by atoms with Crippen molar-refractivity contribution in [3.63, 3.8) is 0 Å². The number of aromatic hydroxyl groups is 2. The van der Waals surface area contributed by atoms with Gasteiger partial charge in [-0.1, -0.05) is 48.5 Å². The van der Waals surface area contributed by atoms with Crippen LogP contribution in [0.2, 0.25) is 0 Å². The molecule has 1 amide bonds. The van der Waals surface area contributed by atoms with Crippen LogP contribution in [-0.2, 0) is 26.1 Å². The summed E-state index contributed by atoms with van der Waals surface area (Å²) in [4.78, 5) is 17.2. The molecule has 3 aromatic carbocycles. The van der Waals surface area contributed by atoms with Gasteiger partial charge >= 0.3 is 0 Å². The third-order valence-electron chi connectivity index (χ3n) is 5.59. The summed E-state index contributed by atoms with van der Waals surface area (Å²) in [5.74, 6) is -0.582. The monoisotopic (exact) mass is 432 g/mol. The molecule has 0 aliphatic carbocycles. The molecule has 4 rings (SSSR count). The maximum atomic E-state index is 13.4. The van der Waals surface area contributed by atoms with Crippen molar-refractivity contribution in [2.45, 2.75) is 26.1 Å². The third-order valence-corrected chi connectivity index (χ3v) is 5.59. The number of fused-ring (bicyclic) bond motifs is 1. The van der Waals surface area contributed by atoms with E-state index in [2.05, 4.69) is 23.1 Å². The van der Waals surface area contributed by atoms with Crippen LogP contribution >= 0.6 is 0 Å². The topological polar surface area (TPSA) is 73.2 Å². The smallest absolute Gasteiger partial charge is 0.261 e. The van der Waals surface area contributed by atoms with Crippen LogP contribution in [0.3, 0.4) is 0 Å². The fraction of sp³-hybridized carbons (Fsp3) is 0.269. The summed E-state index contributed by atoms with van der Waals surface area (Å²) >= 11 is 0. The standard InChI is InChI=1S/C26H28N2O4/c1-27(2)15-19-8-9-21-16-28(11-10-20(21)12-19)26(31)25-23(30)13-22(29)14-24(25)32-17-18-6-4-3-5-7-18/h3-9,12-14,29-30H,10-11,15-17H2,1-2H3. The van der Waals surface area contributed by atoms with E-state index in [0.29, 0.717) is 13.1 Å². The third kappa shape index (κ3) is 4.86. The zero-order valence-electron chi connectivity index (χ0n) is 18.4. The Morgan fingerprint density at radius 2 is 1.78 bits per heavy atom. The maximum Gasteiger partial charge on any atom is 0.261 e. The molecule has 0 saturated heterocycles. The van der Waals surface area contributed by atoms with Gasteiger partial charge in [0.1, 0.15) is 29.4 Å². The predicted octanol–water partition coefficient (Wildman–Crippen LogP) is 3.94. The predicted molar refractivity (Wildman–Crippen MR) is 123 cm³/mol. The van der Waals surface area contributed by atoms with Crippen molar-refractivity contribution < 1.29 is 19.7 Å². The van der Waals surface area contributed by atoms with Crippen LogP contribution in [0.5, 0.6) is 17.2 Å². The number of rotatable bonds is 6. The van der Waals surface area contributed by atoms with E-state index in [1.54, 1.807) is 4.90 Å². The van der Waals surface area contributed by atoms with Crippen molar-refractivity contribution in [3.8, 4) is 17.2 Å². The summed E-state index contributed by atoms with van der Waals surface area (Å²) in [6, 6.07) is 18.5. The number of nitrogens with zero attached hydrogens (tertiary/aromatic N) is 2. The van der Waals surface area contributed by atoms with Crippen molar-refractivity contribution in [2.75, 3.05) is 20.6 Å². The van der Waals surface area contributed by atoms with Crippen LogP contribution in [0.25, 0.3) is 0 Å². The average Bonchev–Trinajstić information content (AvgIpc) is 2.77. The Balaban J connectivity index is 1.55. The van der Waals surface area contributed by atoms with Crippen LogP contribution in [0.4, 0.5) is 0 Å². The lowest BCUT2D eigenvalue weighted by molar-refractivity contribution is 0.0726. The zero-order chi connectivity index (χ0) is 22.7. The lowest BCUT2D eigenvalue weighted by Crippen LogP contribution is -2.36. The summed E-state index contributed by atoms with van der Waals surface area (Å²) in [6.07, 6.45) is 0.751. The van der Waals surface area contributed by atoms with Gasteiger partial charge in [0.15, 0.2) is 0 Å². The number of benzene rings is 3. The molecule has 0 fully saturated rings. The molecule has 6 nitrogen and oxygen atoms in total. The molecule has 0 spiro atoms. The molecule has 32 heavy (non-hydrogen) atoms. The molecule has 0 unspecified atom stereocenters. The highest BCUT2D eigenvalue weighted by molar-refractivity contribution is 6.00. The van der Waals surface area contributed by atoms with Crippen molar-refractivity contribution in [2.24, 2.45) is 0 Å². The Bertz CT molecular complexity index is 1110. The largest absolute Gasteiger partial charge is 0.508 e. The second-order valence-electron chi connectivity index (χ2n) is 8.43. The van der Waals surface area contributed by atoms with Crippen molar-refractivity contribution >= 4 is 5.91 Å². The van der Waals surface area contributed by atoms with Crippen molar-refractivity contribution in [1.29, 1.82) is 0 Å². The molecule has 1 heterocycles. The fourth-order valence-electron chi connectivity index (χ4n) is 4.05. The number of phenolic OH excluding ortho intramolecular Hbond substituents is 2. The number of carbonyl (C=O) groups excluding carboxylic acids is 1. The zero-order valence-corrected chi connectivity index (χ0v) is 18.4. The Hall–Kier alpha value is -3.51. The summed E-state index contributed by atoms with van der Waals surface area (Å²) in [5.41, 5.74) is 4.61. The van der Waals surface area contributed by atoms with Gasteiger partial charge in [-0.3, -0.25) is 4.79 Å². The van der Waals surface area contributed by atoms with Crippen LogP contribution in [-0.4, -0.2) is 46.6 Å². The summed E-state index contributed by atoms with van der Waals surface area (Å²) in [7, 11) is 4.09. The highest BCUT2D eigenvalue weighted by Gasteiger charge is 2.27. The van der Waals surface area contributed by atoms with Gasteiger partial charge in [0.05, 0.1) is 0 Å². The normalized spacial score (nSPS) is 13.2. The summed E-state index contributed by atoms with van der Waals surface area (Å²) in [5, 5.41) is 20.5. The van der Waals surface area contributed by atoms with E-state index in [1.165, 1.54) is 23.3 Å². The van der Waals surface area contributed by atoms with E-state index in [1.807, 2.05) is 44.4 Å². The summed E-state index contributed by atoms with van der Waals surface area (Å²) in [6.45, 7) is 2.12. The van der Waals surface area contributed by atoms with Gasteiger partial charge in [0.25, 0.3) is 5.91 Å². The first-order valence-corrected chi connectivity index (χ1v) is 10.7. The van der Waals surface area contributed by atoms with E-state index in [0.717, 1.165) is 24.1 Å². The first kappa shape index (κ1) is 21.7. The minimum Gasteiger partial charge on any atom is -0.508 e. The minimum atomic E-state index is -0.312. The Kier molecular flexibility index (Phi) is 6.32. The van der Waals surface area contributed by atoms with E-state index >= 15 is 0 Å². The van der Waals surface area contributed by atoms with Crippen LogP contribution < -0.4 is 4.74 Å². The Morgan fingerprint density at radius 1 is 1.00 bits per heavy atom. The number of hydrogen-bond acceptors (Lipinski definition) is 5. The van der Waals surface area contributed by atoms with Gasteiger partial charge < -0.3 is 24.7 Å². The minimum absolute atomic E-state index is 0.0754. The molecule has 6 heteroatoms. The number of phenols is 2. The van der Waals surface area contributed by atoms with Gasteiger partial charge in [0.2, 0.25) is 0 Å². The van der Waals surface area contributed by atoms with Gasteiger partial charge in [0, 0.05) is 31.8 Å². The SMILES string of the molecule is CN(C)Cc1ccc2c(c1)CCN(C(=O)c1c(O)cc(O)cc1OCc1ccccc1)C2. The lowest BCUT2D eigenvalue weighted by Gasteiger charge is -2.30. The molecule has 3 aromatic rings. The molecule has 0 saturated carbocycles. The number of hydrogen-bond donors (Lipinski definition) is 2. The van der Waals surface area contributed by atoms with Crippen molar-refractivity contribution in [3.05, 3.63) is 88.5 Å². The molecule has 1 aliphatic heterocycles. The van der Waals surface area contributed by atoms with Gasteiger partial charge in [-0.15, -0.1) is 0 Å². The van der Waals surface area contributed by atoms with E-state index in [4.69, 9.17) is 4.74 Å². The molecule has 0 radical (unpaired) electrons. The number of amides is 1. The molecule has 0 atom stereocenters. The second kappa shape index (κ2) is 9.32. The number of ether oxygens (including phenoxy) is 1.